The van der Waals surface area contributed by atoms with Gasteiger partial charge < -0.3 is 4.74 Å². The summed E-state index contributed by atoms with van der Waals surface area (Å²) in [7, 11) is 0. The minimum absolute atomic E-state index is 0.157. The van der Waals surface area contributed by atoms with E-state index in [1.165, 1.54) is 12.1 Å². The van der Waals surface area contributed by atoms with Gasteiger partial charge >= 0.3 is 5.97 Å². The number of esters is 1. The van der Waals surface area contributed by atoms with E-state index in [-0.39, 0.29) is 33.6 Å². The largest absolute Gasteiger partial charge is 0.462 e. The molecule has 5 heteroatoms. The lowest BCUT2D eigenvalue weighted by atomic mass is 10.1. The lowest BCUT2D eigenvalue weighted by Crippen LogP contribution is -2.07. The Balaban J connectivity index is 3.18. The van der Waals surface area contributed by atoms with Crippen molar-refractivity contribution in [1.82, 2.24) is 0 Å². The molecule has 0 bridgehead atoms. The highest BCUT2D eigenvalue weighted by Gasteiger charge is 2.17. The minimum Gasteiger partial charge on any atom is -0.462 e. The molecule has 0 atom stereocenters. The van der Waals surface area contributed by atoms with E-state index < -0.39 is 5.97 Å². The van der Waals surface area contributed by atoms with Crippen molar-refractivity contribution < 1.29 is 14.3 Å². The summed E-state index contributed by atoms with van der Waals surface area (Å²) in [5.41, 5.74) is 0.499. The number of carbonyl (C=O) groups is 2. The molecule has 0 aliphatic rings. The normalized spacial score (nSPS) is 10.1. The molecule has 1 aromatic carbocycles. The Morgan fingerprint density at radius 2 is 1.71 bits per heavy atom. The molecule has 0 unspecified atom stereocenters. The molecule has 0 N–H and O–H groups in total. The summed E-state index contributed by atoms with van der Waals surface area (Å²) < 4.78 is 4.82. The standard InChI is InChI=1S/C12H12Cl2O3/c1-3-10(15)11-8(13)5-7(6-9(11)14)12(16)17-4-2/h5-6H,3-4H2,1-2H3. The maximum atomic E-state index is 11.6. The van der Waals surface area contributed by atoms with Gasteiger partial charge in [-0.15, -0.1) is 0 Å². The molecule has 0 aliphatic heterocycles. The SMILES string of the molecule is CCOC(=O)c1cc(Cl)c(C(=O)CC)c(Cl)c1. The predicted octanol–water partition coefficient (Wildman–Crippen LogP) is 3.76. The number of hydrogen-bond donors (Lipinski definition) is 0. The highest BCUT2D eigenvalue weighted by atomic mass is 35.5. The molecule has 0 aromatic heterocycles. The van der Waals surface area contributed by atoms with E-state index in [9.17, 15) is 9.59 Å². The highest BCUT2D eigenvalue weighted by molar-refractivity contribution is 6.40. The van der Waals surface area contributed by atoms with Crippen LogP contribution < -0.4 is 0 Å². The maximum Gasteiger partial charge on any atom is 0.338 e. The number of benzene rings is 1. The van der Waals surface area contributed by atoms with Crippen molar-refractivity contribution >= 4 is 35.0 Å². The van der Waals surface area contributed by atoms with Crippen LogP contribution in [0.1, 0.15) is 41.0 Å². The first-order valence-electron chi connectivity index (χ1n) is 5.20. The molecule has 92 valence electrons. The summed E-state index contributed by atoms with van der Waals surface area (Å²) in [6.07, 6.45) is 0.304. The molecule has 17 heavy (non-hydrogen) atoms. The van der Waals surface area contributed by atoms with Crippen molar-refractivity contribution in [2.75, 3.05) is 6.61 Å². The summed E-state index contributed by atoms with van der Waals surface area (Å²) in [5.74, 6) is -0.665. The van der Waals surface area contributed by atoms with Gasteiger partial charge in [0.2, 0.25) is 0 Å². The monoisotopic (exact) mass is 274 g/mol. The first-order chi connectivity index (χ1) is 8.01. The fourth-order valence-electron chi connectivity index (χ4n) is 1.35. The number of Topliss-reactive ketones (excluding diaryl/α,β-unsaturated/α-hetero) is 1. The van der Waals surface area contributed by atoms with Gasteiger partial charge in [-0.25, -0.2) is 4.79 Å². The first-order valence-corrected chi connectivity index (χ1v) is 5.96. The molecule has 0 aliphatic carbocycles. The van der Waals surface area contributed by atoms with Crippen LogP contribution in [0.2, 0.25) is 10.0 Å². The average Bonchev–Trinajstić information content (AvgIpc) is 2.28. The Morgan fingerprint density at radius 1 is 1.18 bits per heavy atom. The molecule has 0 saturated heterocycles. The van der Waals surface area contributed by atoms with Gasteiger partial charge in [0.1, 0.15) is 0 Å². The van der Waals surface area contributed by atoms with Gasteiger partial charge in [-0.3, -0.25) is 4.79 Å². The molecular weight excluding hydrogens is 263 g/mol. The fourth-order valence-corrected chi connectivity index (χ4v) is 2.05. The van der Waals surface area contributed by atoms with Crippen LogP contribution in [0, 0.1) is 0 Å². The number of rotatable bonds is 4. The van der Waals surface area contributed by atoms with Crippen molar-refractivity contribution in [3.05, 3.63) is 33.3 Å². The van der Waals surface area contributed by atoms with Gasteiger partial charge in [-0.1, -0.05) is 30.1 Å². The first kappa shape index (κ1) is 14.0. The van der Waals surface area contributed by atoms with Crippen LogP contribution in [-0.4, -0.2) is 18.4 Å². The molecule has 0 fully saturated rings. The topological polar surface area (TPSA) is 43.4 Å². The third-order valence-corrected chi connectivity index (χ3v) is 2.75. The Kier molecular flexibility index (Phi) is 4.97. The van der Waals surface area contributed by atoms with Gasteiger partial charge in [0.25, 0.3) is 0 Å². The third-order valence-electron chi connectivity index (χ3n) is 2.15. The number of ether oxygens (including phenoxy) is 1. The fraction of sp³-hybridized carbons (Fsp3) is 0.333. The van der Waals surface area contributed by atoms with Crippen LogP contribution in [0.3, 0.4) is 0 Å². The lowest BCUT2D eigenvalue weighted by molar-refractivity contribution is 0.0526. The summed E-state index contributed by atoms with van der Waals surface area (Å²) >= 11 is 11.9. The van der Waals surface area contributed by atoms with Crippen molar-refractivity contribution in [1.29, 1.82) is 0 Å². The van der Waals surface area contributed by atoms with Gasteiger partial charge in [-0.2, -0.15) is 0 Å². The zero-order valence-electron chi connectivity index (χ0n) is 9.55. The molecule has 0 saturated carbocycles. The van der Waals surface area contributed by atoms with E-state index in [2.05, 4.69) is 0 Å². The summed E-state index contributed by atoms with van der Waals surface area (Å²) in [6.45, 7) is 3.69. The van der Waals surface area contributed by atoms with E-state index in [1.807, 2.05) is 0 Å². The van der Waals surface area contributed by atoms with Gasteiger partial charge in [0.05, 0.1) is 27.8 Å². The van der Waals surface area contributed by atoms with Crippen LogP contribution in [0.15, 0.2) is 12.1 Å². The minimum atomic E-state index is -0.508. The molecule has 0 spiro atoms. The maximum absolute atomic E-state index is 11.6. The van der Waals surface area contributed by atoms with Crippen LogP contribution >= 0.6 is 23.2 Å². The summed E-state index contributed by atoms with van der Waals surface area (Å²) in [5, 5.41) is 0.347. The van der Waals surface area contributed by atoms with E-state index in [0.29, 0.717) is 6.42 Å². The average molecular weight is 275 g/mol. The predicted molar refractivity (Wildman–Crippen MR) is 67.0 cm³/mol. The summed E-state index contributed by atoms with van der Waals surface area (Å²) in [4.78, 5) is 23.1. The van der Waals surface area contributed by atoms with E-state index >= 15 is 0 Å². The third kappa shape index (κ3) is 3.20. The Morgan fingerprint density at radius 3 is 2.12 bits per heavy atom. The molecule has 0 amide bonds. The van der Waals surface area contributed by atoms with Crippen LogP contribution in [0.25, 0.3) is 0 Å². The van der Waals surface area contributed by atoms with Gasteiger partial charge in [-0.05, 0) is 19.1 Å². The summed E-state index contributed by atoms with van der Waals surface area (Å²) in [6, 6.07) is 2.79. The molecule has 1 rings (SSSR count). The number of halogens is 2. The second kappa shape index (κ2) is 6.03. The Hall–Kier alpha value is -1.06. The van der Waals surface area contributed by atoms with Crippen LogP contribution in [0.5, 0.6) is 0 Å². The van der Waals surface area contributed by atoms with Crippen molar-refractivity contribution in [3.8, 4) is 0 Å². The number of ketones is 1. The molecule has 3 nitrogen and oxygen atoms in total. The van der Waals surface area contributed by atoms with Crippen molar-refractivity contribution in [2.24, 2.45) is 0 Å². The number of carbonyl (C=O) groups excluding carboxylic acids is 2. The lowest BCUT2D eigenvalue weighted by Gasteiger charge is -2.08. The van der Waals surface area contributed by atoms with Gasteiger partial charge in [0.15, 0.2) is 5.78 Å². The second-order valence-corrected chi connectivity index (χ2v) is 4.13. The quantitative estimate of drug-likeness (QED) is 0.620. The molecule has 0 radical (unpaired) electrons. The van der Waals surface area contributed by atoms with Crippen LogP contribution in [0.4, 0.5) is 0 Å². The molecule has 1 aromatic rings. The van der Waals surface area contributed by atoms with Crippen molar-refractivity contribution in [3.63, 3.8) is 0 Å². The zero-order valence-corrected chi connectivity index (χ0v) is 11.1. The Labute approximate surface area is 110 Å². The molecular formula is C12H12Cl2O3. The smallest absolute Gasteiger partial charge is 0.338 e. The second-order valence-electron chi connectivity index (χ2n) is 3.31. The van der Waals surface area contributed by atoms with Gasteiger partial charge in [0, 0.05) is 6.42 Å². The highest BCUT2D eigenvalue weighted by Crippen LogP contribution is 2.28. The van der Waals surface area contributed by atoms with E-state index in [1.54, 1.807) is 13.8 Å². The Bertz CT molecular complexity index is 432. The zero-order chi connectivity index (χ0) is 13.0. The van der Waals surface area contributed by atoms with Crippen molar-refractivity contribution in [2.45, 2.75) is 20.3 Å². The number of hydrogen-bond acceptors (Lipinski definition) is 3. The van der Waals surface area contributed by atoms with Crippen LogP contribution in [-0.2, 0) is 4.74 Å². The molecule has 0 heterocycles. The van der Waals surface area contributed by atoms with E-state index in [4.69, 9.17) is 27.9 Å². The van der Waals surface area contributed by atoms with E-state index in [0.717, 1.165) is 0 Å².